The molecule has 2 heterocycles. The molecule has 8 nitrogen and oxygen atoms in total. The Kier molecular flexibility index (Phi) is 9.23. The Morgan fingerprint density at radius 3 is 2.45 bits per heavy atom. The molecule has 0 aromatic heterocycles. The number of hydrogen-bond donors (Lipinski definition) is 1. The monoisotopic (exact) mass is 592 g/mol. The van der Waals surface area contributed by atoms with Gasteiger partial charge < -0.3 is 23.9 Å². The van der Waals surface area contributed by atoms with Crippen LogP contribution in [0.3, 0.4) is 0 Å². The van der Waals surface area contributed by atoms with Crippen LogP contribution in [0.25, 0.3) is 0 Å². The number of aryl methyl sites for hydroxylation is 1. The standard InChI is InChI=1S/C33H44N2O6Si/c1-9-10-11-12-23-13-15-24(16-14-23)21-40-32(38)35-26-19-28(36)29(39-6)18-25(26)30(37)34-20-22(2)17-27(34)31(35)41-42(7,8)33(3,4)5/h9,13-16,18-20,27,31,36H,1,10-12,17,21H2,2-8H3/t27-,31?/m0/s1. The number of aromatic hydroxyl groups is 1. The van der Waals surface area contributed by atoms with Crippen LogP contribution in [0.2, 0.25) is 18.1 Å². The van der Waals surface area contributed by atoms with E-state index in [-0.39, 0.29) is 40.3 Å². The lowest BCUT2D eigenvalue weighted by Crippen LogP contribution is -2.57. The summed E-state index contributed by atoms with van der Waals surface area (Å²) in [7, 11) is -1.05. The Balaban J connectivity index is 1.73. The maximum atomic E-state index is 14.1. The zero-order valence-corrected chi connectivity index (χ0v) is 26.9. The van der Waals surface area contributed by atoms with Crippen molar-refractivity contribution in [2.75, 3.05) is 12.0 Å². The second-order valence-corrected chi connectivity index (χ2v) is 17.4. The Labute approximate surface area is 250 Å². The summed E-state index contributed by atoms with van der Waals surface area (Å²) in [6.07, 6.45) is 5.74. The first-order valence-corrected chi connectivity index (χ1v) is 17.4. The van der Waals surface area contributed by atoms with Crippen LogP contribution in [0, 0.1) is 0 Å². The number of phenols is 1. The largest absolute Gasteiger partial charge is 0.504 e. The van der Waals surface area contributed by atoms with Crippen molar-refractivity contribution in [3.8, 4) is 11.5 Å². The number of carbonyl (C=O) groups is 2. The molecule has 4 rings (SSSR count). The number of fused-ring (bicyclic) bond motifs is 2. The third-order valence-electron chi connectivity index (χ3n) is 8.53. The number of ether oxygens (including phenoxy) is 2. The molecule has 0 aliphatic carbocycles. The lowest BCUT2D eigenvalue weighted by atomic mass is 10.1. The summed E-state index contributed by atoms with van der Waals surface area (Å²) >= 11 is 0. The number of rotatable bonds is 9. The first-order valence-electron chi connectivity index (χ1n) is 14.5. The van der Waals surface area contributed by atoms with Gasteiger partial charge >= 0.3 is 6.09 Å². The van der Waals surface area contributed by atoms with Gasteiger partial charge in [-0.3, -0.25) is 4.79 Å². The summed E-state index contributed by atoms with van der Waals surface area (Å²) in [6, 6.07) is 10.4. The van der Waals surface area contributed by atoms with Gasteiger partial charge in [-0.15, -0.1) is 6.58 Å². The number of unbranched alkanes of at least 4 members (excludes halogenated alkanes) is 1. The molecule has 2 aromatic carbocycles. The summed E-state index contributed by atoms with van der Waals surface area (Å²) in [4.78, 5) is 31.1. The van der Waals surface area contributed by atoms with Crippen LogP contribution < -0.4 is 9.64 Å². The molecule has 1 N–H and O–H groups in total. The van der Waals surface area contributed by atoms with Crippen molar-refractivity contribution in [3.63, 3.8) is 0 Å². The molecule has 226 valence electrons. The van der Waals surface area contributed by atoms with Crippen LogP contribution in [-0.2, 0) is 22.2 Å². The molecular weight excluding hydrogens is 548 g/mol. The maximum Gasteiger partial charge on any atom is 0.416 e. The zero-order valence-electron chi connectivity index (χ0n) is 25.9. The van der Waals surface area contributed by atoms with Crippen molar-refractivity contribution < 1.29 is 28.6 Å². The number of nitrogens with zero attached hydrogens (tertiary/aromatic N) is 2. The van der Waals surface area contributed by atoms with Crippen LogP contribution in [-0.4, -0.2) is 49.7 Å². The minimum absolute atomic E-state index is 0.0478. The average Bonchev–Trinajstić information content (AvgIpc) is 3.29. The molecule has 0 fully saturated rings. The fourth-order valence-corrected chi connectivity index (χ4v) is 6.30. The molecule has 0 spiro atoms. The van der Waals surface area contributed by atoms with Crippen molar-refractivity contribution >= 4 is 26.0 Å². The number of hydrogen-bond acceptors (Lipinski definition) is 6. The van der Waals surface area contributed by atoms with Crippen LogP contribution in [0.5, 0.6) is 11.5 Å². The van der Waals surface area contributed by atoms with Crippen LogP contribution in [0.4, 0.5) is 10.5 Å². The van der Waals surface area contributed by atoms with E-state index in [9.17, 15) is 14.7 Å². The lowest BCUT2D eigenvalue weighted by molar-refractivity contribution is 0.0578. The number of phenolic OH excluding ortho intramolecular Hbond substituents is 1. The second kappa shape index (κ2) is 12.4. The van der Waals surface area contributed by atoms with E-state index in [4.69, 9.17) is 13.9 Å². The van der Waals surface area contributed by atoms with Gasteiger partial charge in [-0.05, 0) is 67.9 Å². The number of benzene rings is 2. The van der Waals surface area contributed by atoms with E-state index in [1.54, 1.807) is 4.90 Å². The van der Waals surface area contributed by atoms with E-state index < -0.39 is 26.7 Å². The van der Waals surface area contributed by atoms with E-state index in [1.165, 1.54) is 29.7 Å². The zero-order chi connectivity index (χ0) is 30.8. The fraction of sp³-hybridized carbons (Fsp3) is 0.455. The summed E-state index contributed by atoms with van der Waals surface area (Å²) in [5.41, 5.74) is 3.52. The van der Waals surface area contributed by atoms with E-state index >= 15 is 0 Å². The molecule has 0 bridgehead atoms. The second-order valence-electron chi connectivity index (χ2n) is 12.7. The Bertz CT molecular complexity index is 1360. The smallest absolute Gasteiger partial charge is 0.416 e. The molecule has 0 radical (unpaired) electrons. The van der Waals surface area contributed by atoms with Gasteiger partial charge in [0.2, 0.25) is 0 Å². The highest BCUT2D eigenvalue weighted by atomic mass is 28.4. The predicted molar refractivity (Wildman–Crippen MR) is 167 cm³/mol. The summed E-state index contributed by atoms with van der Waals surface area (Å²) < 4.78 is 18.2. The molecular formula is C33H44N2O6Si. The van der Waals surface area contributed by atoms with Gasteiger partial charge in [0, 0.05) is 12.3 Å². The molecule has 0 saturated carbocycles. The van der Waals surface area contributed by atoms with Gasteiger partial charge in [0.1, 0.15) is 6.61 Å². The van der Waals surface area contributed by atoms with Crippen molar-refractivity contribution in [2.24, 2.45) is 0 Å². The SMILES string of the molecule is C=CCCCc1ccc(COC(=O)N2c3cc(O)c(OC)cc3C(=O)N3C=C(C)C[C@H]3C2O[Si](C)(C)C(C)(C)C)cc1. The van der Waals surface area contributed by atoms with Gasteiger partial charge in [-0.1, -0.05) is 56.7 Å². The number of anilines is 1. The first-order chi connectivity index (χ1) is 19.8. The molecule has 2 aromatic rings. The fourth-order valence-electron chi connectivity index (χ4n) is 5.08. The van der Waals surface area contributed by atoms with E-state index in [0.29, 0.717) is 6.42 Å². The van der Waals surface area contributed by atoms with Gasteiger partial charge in [0.15, 0.2) is 26.0 Å². The highest BCUT2D eigenvalue weighted by Crippen LogP contribution is 2.45. The van der Waals surface area contributed by atoms with Gasteiger partial charge in [0.25, 0.3) is 5.91 Å². The van der Waals surface area contributed by atoms with E-state index in [1.807, 2.05) is 43.5 Å². The highest BCUT2D eigenvalue weighted by molar-refractivity contribution is 6.74. The Morgan fingerprint density at radius 2 is 1.83 bits per heavy atom. The number of amides is 2. The van der Waals surface area contributed by atoms with Gasteiger partial charge in [-0.2, -0.15) is 0 Å². The Morgan fingerprint density at radius 1 is 1.17 bits per heavy atom. The summed E-state index contributed by atoms with van der Waals surface area (Å²) in [6.45, 7) is 16.4. The van der Waals surface area contributed by atoms with Crippen LogP contribution in [0.15, 0.2) is 60.8 Å². The minimum atomic E-state index is -2.47. The topological polar surface area (TPSA) is 88.5 Å². The van der Waals surface area contributed by atoms with Crippen molar-refractivity contribution in [3.05, 3.63) is 77.5 Å². The average molecular weight is 593 g/mol. The Hall–Kier alpha value is -3.56. The lowest BCUT2D eigenvalue weighted by Gasteiger charge is -2.44. The summed E-state index contributed by atoms with van der Waals surface area (Å²) in [5, 5.41) is 10.6. The normalized spacial score (nSPS) is 18.6. The molecule has 2 amide bonds. The number of carbonyl (C=O) groups excluding carboxylic acids is 2. The molecule has 9 heteroatoms. The third kappa shape index (κ3) is 6.42. The predicted octanol–water partition coefficient (Wildman–Crippen LogP) is 7.53. The van der Waals surface area contributed by atoms with Crippen molar-refractivity contribution in [1.29, 1.82) is 0 Å². The third-order valence-corrected chi connectivity index (χ3v) is 13.0. The van der Waals surface area contributed by atoms with Gasteiger partial charge in [-0.25, -0.2) is 9.69 Å². The number of allylic oxidation sites excluding steroid dienone is 1. The molecule has 0 saturated heterocycles. The molecule has 2 aliphatic rings. The van der Waals surface area contributed by atoms with Crippen molar-refractivity contribution in [1.82, 2.24) is 4.90 Å². The van der Waals surface area contributed by atoms with E-state index in [0.717, 1.165) is 30.4 Å². The maximum absolute atomic E-state index is 14.1. The molecule has 1 unspecified atom stereocenters. The first kappa shape index (κ1) is 31.4. The molecule has 2 aliphatic heterocycles. The van der Waals surface area contributed by atoms with E-state index in [2.05, 4.69) is 40.4 Å². The highest BCUT2D eigenvalue weighted by Gasteiger charge is 2.50. The minimum Gasteiger partial charge on any atom is -0.504 e. The van der Waals surface area contributed by atoms with Gasteiger partial charge in [0.05, 0.1) is 24.4 Å². The van der Waals surface area contributed by atoms with Crippen LogP contribution in [0.1, 0.15) is 68.4 Å². The quantitative estimate of drug-likeness (QED) is 0.184. The molecule has 2 atom stereocenters. The number of methoxy groups -OCH3 is 1. The van der Waals surface area contributed by atoms with Crippen LogP contribution >= 0.6 is 0 Å². The molecule has 42 heavy (non-hydrogen) atoms. The summed E-state index contributed by atoms with van der Waals surface area (Å²) in [5.74, 6) is -0.339. The van der Waals surface area contributed by atoms with Crippen molar-refractivity contribution in [2.45, 2.75) is 90.4 Å².